The van der Waals surface area contributed by atoms with Gasteiger partial charge >= 0.3 is 0 Å². The van der Waals surface area contributed by atoms with Crippen molar-refractivity contribution < 1.29 is 13.0 Å². The van der Waals surface area contributed by atoms with Crippen LogP contribution < -0.4 is 5.32 Å². The predicted octanol–water partition coefficient (Wildman–Crippen LogP) is 0.0142. The van der Waals surface area contributed by atoms with Crippen molar-refractivity contribution in [2.75, 3.05) is 12.3 Å². The number of rotatable bonds is 1. The normalized spacial score (nSPS) is 13.8. The van der Waals surface area contributed by atoms with Crippen molar-refractivity contribution in [1.29, 1.82) is 0 Å². The first-order valence-electron chi connectivity index (χ1n) is 3.46. The van der Waals surface area contributed by atoms with Crippen molar-refractivity contribution in [3.05, 3.63) is 24.4 Å². The van der Waals surface area contributed by atoms with Gasteiger partial charge in [0.25, 0.3) is 0 Å². The average molecular weight is 189 g/mol. The average Bonchev–Trinajstić information content (AvgIpc) is 2.07. The van der Waals surface area contributed by atoms with E-state index in [2.05, 4.69) is 11.4 Å². The van der Waals surface area contributed by atoms with Gasteiger partial charge in [0.05, 0.1) is 28.8 Å². The quantitative estimate of drug-likeness (QED) is 0.466. The molecule has 68 valence electrons. The van der Waals surface area contributed by atoms with Crippen LogP contribution >= 0.6 is 0 Å². The van der Waals surface area contributed by atoms with Crippen LogP contribution in [0, 0.1) is 6.08 Å². The molecular weight excluding hydrogens is 178 g/mol. The predicted molar refractivity (Wildman–Crippen MR) is 45.2 cm³/mol. The van der Waals surface area contributed by atoms with Gasteiger partial charge in [-0.15, -0.1) is 0 Å². The zero-order chi connectivity index (χ0) is 9.45. The molecule has 1 aliphatic heterocycles. The summed E-state index contributed by atoms with van der Waals surface area (Å²) in [6.45, 7) is 2.23. The van der Waals surface area contributed by atoms with E-state index in [9.17, 15) is 13.0 Å². The van der Waals surface area contributed by atoms with Crippen LogP contribution in [-0.4, -0.2) is 25.3 Å². The summed E-state index contributed by atoms with van der Waals surface area (Å²) in [4.78, 5) is 0. The summed E-state index contributed by atoms with van der Waals surface area (Å²) >= 11 is 0. The smallest absolute Gasteiger partial charge is 0.176 e. The molecule has 0 bridgehead atoms. The van der Waals surface area contributed by atoms with Crippen LogP contribution in [0.25, 0.3) is 0 Å². The summed E-state index contributed by atoms with van der Waals surface area (Å²) in [6, 6.07) is 0. The molecule has 0 aromatic rings. The lowest BCUT2D eigenvalue weighted by atomic mass is 10.4. The fraction of sp³-hybridized carbons (Fsp3) is 0.429. The molecule has 12 heavy (non-hydrogen) atoms. The molecule has 0 unspecified atom stereocenters. The van der Waals surface area contributed by atoms with E-state index < -0.39 is 10.1 Å². The van der Waals surface area contributed by atoms with E-state index in [1.807, 2.05) is 18.4 Å². The molecule has 1 heterocycles. The van der Waals surface area contributed by atoms with Crippen LogP contribution in [0.4, 0.5) is 0 Å². The van der Waals surface area contributed by atoms with Gasteiger partial charge in [-0.1, -0.05) is 6.92 Å². The monoisotopic (exact) mass is 189 g/mol. The third-order valence-corrected chi connectivity index (χ3v) is 1.70. The highest BCUT2D eigenvalue weighted by atomic mass is 32.2. The van der Waals surface area contributed by atoms with Gasteiger partial charge in [-0.3, -0.25) is 0 Å². The molecule has 0 spiro atoms. The molecule has 1 rings (SSSR count). The Hall–Kier alpha value is -0.900. The molecule has 0 saturated heterocycles. The molecule has 0 amide bonds. The Morgan fingerprint density at radius 3 is 2.33 bits per heavy atom. The molecule has 0 radical (unpaired) electrons. The van der Waals surface area contributed by atoms with E-state index in [-0.39, 0.29) is 5.75 Å². The molecule has 4 nitrogen and oxygen atoms in total. The fourth-order valence-electron chi connectivity index (χ4n) is 0.361. The summed E-state index contributed by atoms with van der Waals surface area (Å²) in [6.07, 6.45) is 8.59. The zero-order valence-corrected chi connectivity index (χ0v) is 7.60. The van der Waals surface area contributed by atoms with E-state index in [0.29, 0.717) is 0 Å². The van der Waals surface area contributed by atoms with Crippen molar-refractivity contribution in [2.45, 2.75) is 6.92 Å². The summed E-state index contributed by atoms with van der Waals surface area (Å²) in [5, 5.41) is 2.99. The summed E-state index contributed by atoms with van der Waals surface area (Å²) in [7, 11) is -3.91. The molecule has 1 aliphatic rings. The summed E-state index contributed by atoms with van der Waals surface area (Å²) < 4.78 is 28.3. The molecular formula is C7H11NO3S. The third kappa shape index (κ3) is 9.10. The highest BCUT2D eigenvalue weighted by molar-refractivity contribution is 7.85. The molecule has 5 heteroatoms. The minimum absolute atomic E-state index is 0.312. The fourth-order valence-corrected chi connectivity index (χ4v) is 0.361. The van der Waals surface area contributed by atoms with Gasteiger partial charge in [0.1, 0.15) is 6.20 Å². The van der Waals surface area contributed by atoms with Gasteiger partial charge in [-0.25, -0.2) is 8.42 Å². The molecule has 0 aromatic heterocycles. The van der Waals surface area contributed by atoms with Crippen LogP contribution in [0.5, 0.6) is 0 Å². The third-order valence-electron chi connectivity index (χ3n) is 0.989. The highest BCUT2D eigenvalue weighted by Gasteiger charge is 1.86. The lowest BCUT2D eigenvalue weighted by Gasteiger charge is -1.97. The number of hydrogen-bond donors (Lipinski definition) is 1. The van der Waals surface area contributed by atoms with Crippen LogP contribution in [-0.2, 0) is 10.1 Å². The van der Waals surface area contributed by atoms with Crippen LogP contribution in [0.2, 0.25) is 0 Å². The second kappa shape index (κ2) is 5.71. The van der Waals surface area contributed by atoms with Crippen molar-refractivity contribution >= 4 is 10.1 Å². The Kier molecular flexibility index (Phi) is 5.28. The van der Waals surface area contributed by atoms with E-state index in [0.717, 1.165) is 6.54 Å². The number of allylic oxidation sites excluding steroid dienone is 2. The molecule has 0 fully saturated rings. The maximum absolute atomic E-state index is 9.44. The number of nitrogens with one attached hydrogen (secondary N) is 1. The first kappa shape index (κ1) is 11.1. The first-order chi connectivity index (χ1) is 5.56. The molecule has 0 aromatic carbocycles. The zero-order valence-electron chi connectivity index (χ0n) is 6.78. The highest BCUT2D eigenvalue weighted by Crippen LogP contribution is 1.77. The van der Waals surface area contributed by atoms with E-state index in [1.54, 1.807) is 0 Å². The lowest BCUT2D eigenvalue weighted by molar-refractivity contribution is 0.464. The van der Waals surface area contributed by atoms with Crippen LogP contribution in [0.3, 0.4) is 0 Å². The molecule has 0 saturated carbocycles. The summed E-state index contributed by atoms with van der Waals surface area (Å²) in [5.41, 5.74) is 0. The van der Waals surface area contributed by atoms with E-state index >= 15 is 0 Å². The second-order valence-electron chi connectivity index (χ2n) is 1.96. The minimum Gasteiger partial charge on any atom is -0.748 e. The Morgan fingerprint density at radius 2 is 2.25 bits per heavy atom. The molecule has 0 atom stereocenters. The standard InChI is InChI=1S/C5H6N.C2H6O3S/c1-2-4-6-5-3-1;1-2-6(3,4)5/h2-4,6H,5H2;2H2,1H3,(H,3,4,5)/q+1;/p-1. The van der Waals surface area contributed by atoms with Crippen molar-refractivity contribution in [3.63, 3.8) is 0 Å². The number of hydrogen-bond acceptors (Lipinski definition) is 4. The van der Waals surface area contributed by atoms with Crippen molar-refractivity contribution in [3.8, 4) is 0 Å². The SMILES string of the molecule is CCS(=O)(=O)[O-].[C+]1=CCNC=C1. The van der Waals surface area contributed by atoms with E-state index in [4.69, 9.17) is 0 Å². The van der Waals surface area contributed by atoms with Gasteiger partial charge in [0, 0.05) is 5.75 Å². The molecule has 1 N–H and O–H groups in total. The largest absolute Gasteiger partial charge is 0.748 e. The lowest BCUT2D eigenvalue weighted by Crippen LogP contribution is -2.05. The number of dihydropyridines is 1. The maximum atomic E-state index is 9.44. The maximum Gasteiger partial charge on any atom is 0.176 e. The van der Waals surface area contributed by atoms with Crippen LogP contribution in [0.1, 0.15) is 6.92 Å². The topological polar surface area (TPSA) is 69.2 Å². The van der Waals surface area contributed by atoms with Gasteiger partial charge in [0.2, 0.25) is 0 Å². The minimum atomic E-state index is -3.91. The first-order valence-corrected chi connectivity index (χ1v) is 5.03. The van der Waals surface area contributed by atoms with Gasteiger partial charge in [-0.2, -0.15) is 0 Å². The van der Waals surface area contributed by atoms with Crippen molar-refractivity contribution in [1.82, 2.24) is 5.32 Å². The molecule has 0 aliphatic carbocycles. The Bertz CT molecular complexity index is 242. The van der Waals surface area contributed by atoms with E-state index in [1.165, 1.54) is 6.92 Å². The van der Waals surface area contributed by atoms with Gasteiger partial charge < -0.3 is 9.87 Å². The Morgan fingerprint density at radius 1 is 1.67 bits per heavy atom. The van der Waals surface area contributed by atoms with Gasteiger partial charge in [-0.05, 0) is 0 Å². The van der Waals surface area contributed by atoms with Crippen LogP contribution in [0.15, 0.2) is 18.4 Å². The van der Waals surface area contributed by atoms with Gasteiger partial charge in [0.15, 0.2) is 6.08 Å². The summed E-state index contributed by atoms with van der Waals surface area (Å²) in [5.74, 6) is -0.312. The van der Waals surface area contributed by atoms with Crippen molar-refractivity contribution in [2.24, 2.45) is 0 Å². The Balaban J connectivity index is 0.000000202. The Labute approximate surface area is 72.7 Å². The second-order valence-corrected chi connectivity index (χ2v) is 3.65.